The molecule has 0 bridgehead atoms. The number of fused-ring (bicyclic) bond motifs is 1. The molecule has 1 saturated carbocycles. The lowest BCUT2D eigenvalue weighted by Gasteiger charge is -2.18. The van der Waals surface area contributed by atoms with E-state index >= 15 is 0 Å². The van der Waals surface area contributed by atoms with Crippen molar-refractivity contribution in [3.8, 4) is 0 Å². The molecule has 1 fully saturated rings. The van der Waals surface area contributed by atoms with E-state index in [0.29, 0.717) is 12.5 Å². The molecule has 1 aromatic heterocycles. The first-order chi connectivity index (χ1) is 11.2. The molecule has 0 atom stereocenters. The summed E-state index contributed by atoms with van der Waals surface area (Å²) in [5.74, 6) is 0.765. The number of rotatable bonds is 4. The molecule has 0 spiro atoms. The van der Waals surface area contributed by atoms with Gasteiger partial charge in [-0.3, -0.25) is 4.79 Å². The van der Waals surface area contributed by atoms with E-state index < -0.39 is 0 Å². The van der Waals surface area contributed by atoms with Crippen LogP contribution in [0.25, 0.3) is 10.8 Å². The summed E-state index contributed by atoms with van der Waals surface area (Å²) in [5.41, 5.74) is 2.45. The van der Waals surface area contributed by atoms with Crippen LogP contribution >= 0.6 is 11.3 Å². The van der Waals surface area contributed by atoms with Gasteiger partial charge >= 0.3 is 0 Å². The van der Waals surface area contributed by atoms with Gasteiger partial charge in [0.05, 0.1) is 4.88 Å². The summed E-state index contributed by atoms with van der Waals surface area (Å²) < 4.78 is 0. The van der Waals surface area contributed by atoms with Crippen molar-refractivity contribution in [3.63, 3.8) is 0 Å². The maximum atomic E-state index is 12.8. The number of thiophene rings is 1. The first kappa shape index (κ1) is 14.5. The van der Waals surface area contributed by atoms with Crippen molar-refractivity contribution in [1.29, 1.82) is 0 Å². The standard InChI is InChI=1S/C20H19NOS/c1-21(20(22)19-18(11-12-23-19)15-9-10-15)13-16-7-4-6-14-5-2-3-8-17(14)16/h2-8,11-12,15H,9-10,13H2,1H3. The van der Waals surface area contributed by atoms with Crippen LogP contribution in [0, 0.1) is 0 Å². The van der Waals surface area contributed by atoms with Crippen LogP contribution in [0.1, 0.15) is 39.6 Å². The zero-order chi connectivity index (χ0) is 15.8. The van der Waals surface area contributed by atoms with Crippen molar-refractivity contribution in [3.05, 3.63) is 69.9 Å². The molecule has 1 aliphatic rings. The van der Waals surface area contributed by atoms with Crippen molar-refractivity contribution >= 4 is 28.0 Å². The summed E-state index contributed by atoms with van der Waals surface area (Å²) in [6.45, 7) is 0.641. The molecule has 3 aromatic rings. The van der Waals surface area contributed by atoms with Gasteiger partial charge in [0, 0.05) is 13.6 Å². The molecule has 1 heterocycles. The SMILES string of the molecule is CN(Cc1cccc2ccccc12)C(=O)c1sccc1C1CC1. The molecular formula is C20H19NOS. The highest BCUT2D eigenvalue weighted by Crippen LogP contribution is 2.43. The molecular weight excluding hydrogens is 302 g/mol. The fourth-order valence-corrected chi connectivity index (χ4v) is 4.12. The molecule has 0 aliphatic heterocycles. The Hall–Kier alpha value is -2.13. The van der Waals surface area contributed by atoms with Gasteiger partial charge < -0.3 is 4.90 Å². The first-order valence-corrected chi connectivity index (χ1v) is 8.91. The van der Waals surface area contributed by atoms with Crippen LogP contribution in [-0.4, -0.2) is 17.9 Å². The Labute approximate surface area is 140 Å². The monoisotopic (exact) mass is 321 g/mol. The van der Waals surface area contributed by atoms with Gasteiger partial charge in [-0.25, -0.2) is 0 Å². The van der Waals surface area contributed by atoms with E-state index in [0.717, 1.165) is 4.88 Å². The minimum absolute atomic E-state index is 0.148. The Morgan fingerprint density at radius 3 is 2.74 bits per heavy atom. The molecule has 0 radical (unpaired) electrons. The van der Waals surface area contributed by atoms with Crippen molar-refractivity contribution < 1.29 is 4.79 Å². The summed E-state index contributed by atoms with van der Waals surface area (Å²) in [7, 11) is 1.90. The number of amides is 1. The fourth-order valence-electron chi connectivity index (χ4n) is 3.14. The zero-order valence-corrected chi connectivity index (χ0v) is 14.0. The number of carbonyl (C=O) groups excluding carboxylic acids is 1. The average Bonchev–Trinajstić information content (AvgIpc) is 3.31. The van der Waals surface area contributed by atoms with Crippen molar-refractivity contribution in [2.24, 2.45) is 0 Å². The minimum atomic E-state index is 0.148. The molecule has 0 unspecified atom stereocenters. The Kier molecular flexibility index (Phi) is 3.66. The lowest BCUT2D eigenvalue weighted by Crippen LogP contribution is -2.26. The van der Waals surface area contributed by atoms with Gasteiger partial charge in [0.2, 0.25) is 0 Å². The fraction of sp³-hybridized carbons (Fsp3) is 0.250. The third kappa shape index (κ3) is 2.77. The van der Waals surface area contributed by atoms with E-state index in [9.17, 15) is 4.79 Å². The van der Waals surface area contributed by atoms with Crippen molar-refractivity contribution in [2.45, 2.75) is 25.3 Å². The zero-order valence-electron chi connectivity index (χ0n) is 13.2. The first-order valence-electron chi connectivity index (χ1n) is 8.03. The van der Waals surface area contributed by atoms with Crippen LogP contribution in [-0.2, 0) is 6.54 Å². The predicted molar refractivity (Wildman–Crippen MR) is 96.0 cm³/mol. The van der Waals surface area contributed by atoms with Gasteiger partial charge in [0.1, 0.15) is 0 Å². The molecule has 2 aromatic carbocycles. The molecule has 4 rings (SSSR count). The topological polar surface area (TPSA) is 20.3 Å². The van der Waals surface area contributed by atoms with Gasteiger partial charge in [-0.2, -0.15) is 0 Å². The molecule has 0 N–H and O–H groups in total. The second kappa shape index (κ2) is 5.82. The Balaban J connectivity index is 1.60. The smallest absolute Gasteiger partial charge is 0.264 e. The van der Waals surface area contributed by atoms with Crippen molar-refractivity contribution in [1.82, 2.24) is 4.90 Å². The van der Waals surface area contributed by atoms with E-state index in [1.165, 1.54) is 34.7 Å². The van der Waals surface area contributed by atoms with Crippen LogP contribution in [0.5, 0.6) is 0 Å². The molecule has 116 valence electrons. The highest BCUT2D eigenvalue weighted by molar-refractivity contribution is 7.12. The van der Waals surface area contributed by atoms with Crippen LogP contribution in [0.4, 0.5) is 0 Å². The second-order valence-electron chi connectivity index (χ2n) is 6.28. The molecule has 1 amide bonds. The summed E-state index contributed by atoms with van der Waals surface area (Å²) in [4.78, 5) is 15.6. The molecule has 1 aliphatic carbocycles. The maximum absolute atomic E-state index is 12.8. The van der Waals surface area contributed by atoms with Gasteiger partial charge in [0.25, 0.3) is 5.91 Å². The number of nitrogens with zero attached hydrogens (tertiary/aromatic N) is 1. The molecule has 0 saturated heterocycles. The summed E-state index contributed by atoms with van der Waals surface area (Å²) in [6, 6.07) is 16.8. The summed E-state index contributed by atoms with van der Waals surface area (Å²) in [6.07, 6.45) is 2.45. The van der Waals surface area contributed by atoms with Crippen LogP contribution in [0.3, 0.4) is 0 Å². The van der Waals surface area contributed by atoms with Crippen LogP contribution in [0.15, 0.2) is 53.9 Å². The van der Waals surface area contributed by atoms with Gasteiger partial charge in [-0.1, -0.05) is 42.5 Å². The molecule has 3 heteroatoms. The minimum Gasteiger partial charge on any atom is -0.337 e. The largest absolute Gasteiger partial charge is 0.337 e. The maximum Gasteiger partial charge on any atom is 0.264 e. The number of benzene rings is 2. The average molecular weight is 321 g/mol. The summed E-state index contributed by atoms with van der Waals surface area (Å²) >= 11 is 1.58. The third-order valence-electron chi connectivity index (χ3n) is 4.54. The summed E-state index contributed by atoms with van der Waals surface area (Å²) in [5, 5.41) is 4.50. The number of hydrogen-bond acceptors (Lipinski definition) is 2. The van der Waals surface area contributed by atoms with E-state index in [4.69, 9.17) is 0 Å². The molecule has 2 nitrogen and oxygen atoms in total. The lowest BCUT2D eigenvalue weighted by atomic mass is 10.0. The highest BCUT2D eigenvalue weighted by Gasteiger charge is 2.29. The Bertz CT molecular complexity index is 857. The van der Waals surface area contributed by atoms with Crippen molar-refractivity contribution in [2.75, 3.05) is 7.05 Å². The predicted octanol–water partition coefficient (Wildman–Crippen LogP) is 5.05. The quantitative estimate of drug-likeness (QED) is 0.658. The number of hydrogen-bond donors (Lipinski definition) is 0. The molecule has 23 heavy (non-hydrogen) atoms. The van der Waals surface area contributed by atoms with E-state index in [1.807, 2.05) is 17.3 Å². The van der Waals surface area contributed by atoms with Gasteiger partial charge in [0.15, 0.2) is 0 Å². The highest BCUT2D eigenvalue weighted by atomic mass is 32.1. The van der Waals surface area contributed by atoms with Gasteiger partial charge in [-0.15, -0.1) is 11.3 Å². The second-order valence-corrected chi connectivity index (χ2v) is 7.19. The van der Waals surface area contributed by atoms with Crippen LogP contribution in [0.2, 0.25) is 0 Å². The third-order valence-corrected chi connectivity index (χ3v) is 5.46. The lowest BCUT2D eigenvalue weighted by molar-refractivity contribution is 0.0789. The van der Waals surface area contributed by atoms with Gasteiger partial charge in [-0.05, 0) is 52.1 Å². The van der Waals surface area contributed by atoms with E-state index in [2.05, 4.69) is 48.5 Å². The number of carbonyl (C=O) groups is 1. The normalized spacial score (nSPS) is 14.1. The Morgan fingerprint density at radius 1 is 1.13 bits per heavy atom. The van der Waals surface area contributed by atoms with E-state index in [-0.39, 0.29) is 5.91 Å². The Morgan fingerprint density at radius 2 is 1.91 bits per heavy atom. The van der Waals surface area contributed by atoms with Crippen LogP contribution < -0.4 is 0 Å². The van der Waals surface area contributed by atoms with E-state index in [1.54, 1.807) is 11.3 Å².